The van der Waals surface area contributed by atoms with Gasteiger partial charge in [-0.2, -0.15) is 5.10 Å². The minimum atomic E-state index is 0.456. The second-order valence-electron chi connectivity index (χ2n) is 6.23. The van der Waals surface area contributed by atoms with Crippen molar-refractivity contribution in [3.8, 4) is 11.3 Å². The third-order valence-corrected chi connectivity index (χ3v) is 4.91. The van der Waals surface area contributed by atoms with E-state index in [9.17, 15) is 0 Å². The first-order valence-corrected chi connectivity index (χ1v) is 8.37. The van der Waals surface area contributed by atoms with E-state index in [1.54, 1.807) is 0 Å². The monoisotopic (exact) mass is 326 g/mol. The van der Waals surface area contributed by atoms with Crippen molar-refractivity contribution >= 4 is 22.5 Å². The highest BCUT2D eigenvalue weighted by Crippen LogP contribution is 2.32. The van der Waals surface area contributed by atoms with Gasteiger partial charge >= 0.3 is 0 Å². The topological polar surface area (TPSA) is 34.0 Å². The van der Waals surface area contributed by atoms with Crippen LogP contribution in [-0.2, 0) is 0 Å². The Bertz CT molecular complexity index is 817. The zero-order chi connectivity index (χ0) is 15.8. The molecule has 23 heavy (non-hydrogen) atoms. The molecule has 1 aromatic carbocycles. The predicted molar refractivity (Wildman–Crippen MR) is 93.7 cm³/mol. The summed E-state index contributed by atoms with van der Waals surface area (Å²) in [4.78, 5) is 6.68. The predicted octanol–water partition coefficient (Wildman–Crippen LogP) is 4.02. The molecular formula is C18H19ClN4. The summed E-state index contributed by atoms with van der Waals surface area (Å²) in [5, 5.41) is 6.80. The van der Waals surface area contributed by atoms with Gasteiger partial charge < -0.3 is 4.90 Å². The minimum absolute atomic E-state index is 0.456. The van der Waals surface area contributed by atoms with E-state index in [0.29, 0.717) is 6.04 Å². The number of pyridine rings is 1. The van der Waals surface area contributed by atoms with E-state index in [-0.39, 0.29) is 0 Å². The number of fused-ring (bicyclic) bond motifs is 1. The van der Waals surface area contributed by atoms with E-state index in [4.69, 9.17) is 16.7 Å². The lowest BCUT2D eigenvalue weighted by molar-refractivity contribution is 0.215. The lowest BCUT2D eigenvalue weighted by Crippen LogP contribution is -2.31. The number of aromatic nitrogens is 3. The summed E-state index contributed by atoms with van der Waals surface area (Å²) < 4.78 is 2.20. The van der Waals surface area contributed by atoms with E-state index in [1.165, 1.54) is 5.52 Å². The minimum Gasteiger partial charge on any atom is -0.306 e. The average molecular weight is 327 g/mol. The Kier molecular flexibility index (Phi) is 3.79. The van der Waals surface area contributed by atoms with Crippen molar-refractivity contribution in [1.29, 1.82) is 0 Å². The second-order valence-corrected chi connectivity index (χ2v) is 6.66. The lowest BCUT2D eigenvalue weighted by atomic mass is 10.1. The number of halogens is 1. The molecule has 0 radical (unpaired) electrons. The molecule has 1 saturated heterocycles. The van der Waals surface area contributed by atoms with E-state index in [2.05, 4.69) is 27.7 Å². The number of rotatable bonds is 2. The molecule has 0 saturated carbocycles. The highest BCUT2D eigenvalue weighted by Gasteiger charge is 2.22. The van der Waals surface area contributed by atoms with Crippen LogP contribution in [0.3, 0.4) is 0 Å². The number of benzene rings is 1. The molecule has 118 valence electrons. The molecule has 0 aliphatic carbocycles. The van der Waals surface area contributed by atoms with Gasteiger partial charge in [-0.3, -0.25) is 9.67 Å². The fraction of sp³-hybridized carbons (Fsp3) is 0.333. The molecule has 0 unspecified atom stereocenters. The standard InChI is InChI=1S/C18H19ClN4/c1-22-10-7-15(8-11-22)23-17-6-9-20-12-16(17)18(21-23)13-2-4-14(19)5-3-13/h2-6,9,12,15H,7-8,10-11H2,1H3. The van der Waals surface area contributed by atoms with Crippen LogP contribution in [0.2, 0.25) is 5.02 Å². The first-order valence-electron chi connectivity index (χ1n) is 7.99. The molecule has 4 nitrogen and oxygen atoms in total. The van der Waals surface area contributed by atoms with Crippen LogP contribution in [0.15, 0.2) is 42.7 Å². The van der Waals surface area contributed by atoms with Crippen LogP contribution >= 0.6 is 11.6 Å². The Morgan fingerprint density at radius 2 is 1.83 bits per heavy atom. The van der Waals surface area contributed by atoms with Crippen molar-refractivity contribution in [2.45, 2.75) is 18.9 Å². The number of likely N-dealkylation sites (tertiary alicyclic amines) is 1. The quantitative estimate of drug-likeness (QED) is 0.713. The van der Waals surface area contributed by atoms with Crippen molar-refractivity contribution in [2.75, 3.05) is 20.1 Å². The zero-order valence-corrected chi connectivity index (χ0v) is 13.9. The first kappa shape index (κ1) is 14.7. The third-order valence-electron chi connectivity index (χ3n) is 4.66. The average Bonchev–Trinajstić information content (AvgIpc) is 2.96. The van der Waals surface area contributed by atoms with Crippen molar-refractivity contribution in [3.63, 3.8) is 0 Å². The van der Waals surface area contributed by atoms with Crippen molar-refractivity contribution in [1.82, 2.24) is 19.7 Å². The molecule has 5 heteroatoms. The number of nitrogens with zero attached hydrogens (tertiary/aromatic N) is 4. The summed E-state index contributed by atoms with van der Waals surface area (Å²) in [5.41, 5.74) is 3.24. The number of hydrogen-bond acceptors (Lipinski definition) is 3. The van der Waals surface area contributed by atoms with Crippen LogP contribution < -0.4 is 0 Å². The molecule has 3 aromatic rings. The van der Waals surface area contributed by atoms with Crippen LogP contribution in [0.4, 0.5) is 0 Å². The van der Waals surface area contributed by atoms with Gasteiger partial charge in [0.05, 0.1) is 11.6 Å². The van der Waals surface area contributed by atoms with Gasteiger partial charge in [-0.05, 0) is 51.2 Å². The van der Waals surface area contributed by atoms with E-state index >= 15 is 0 Å². The Labute approximate surface area is 140 Å². The largest absolute Gasteiger partial charge is 0.306 e. The maximum atomic E-state index is 6.02. The Morgan fingerprint density at radius 3 is 2.57 bits per heavy atom. The smallest absolute Gasteiger partial charge is 0.102 e. The molecule has 1 aliphatic heterocycles. The summed E-state index contributed by atoms with van der Waals surface area (Å²) in [7, 11) is 2.18. The summed E-state index contributed by atoms with van der Waals surface area (Å²) in [6.45, 7) is 2.24. The van der Waals surface area contributed by atoms with Gasteiger partial charge in [-0.25, -0.2) is 0 Å². The molecule has 3 heterocycles. The number of hydrogen-bond donors (Lipinski definition) is 0. The van der Waals surface area contributed by atoms with Crippen LogP contribution in [0.25, 0.3) is 22.2 Å². The van der Waals surface area contributed by atoms with E-state index in [0.717, 1.165) is 47.6 Å². The highest BCUT2D eigenvalue weighted by atomic mass is 35.5. The molecule has 0 spiro atoms. The molecule has 0 bridgehead atoms. The molecule has 1 fully saturated rings. The molecular weight excluding hydrogens is 308 g/mol. The molecule has 0 amide bonds. The van der Waals surface area contributed by atoms with Gasteiger partial charge in [0.1, 0.15) is 5.69 Å². The summed E-state index contributed by atoms with van der Waals surface area (Å²) in [5.74, 6) is 0. The van der Waals surface area contributed by atoms with Crippen molar-refractivity contribution in [2.24, 2.45) is 0 Å². The highest BCUT2D eigenvalue weighted by molar-refractivity contribution is 6.30. The van der Waals surface area contributed by atoms with Gasteiger partial charge in [-0.1, -0.05) is 23.7 Å². The van der Waals surface area contributed by atoms with Gasteiger partial charge in [0.15, 0.2) is 0 Å². The first-order chi connectivity index (χ1) is 11.2. The van der Waals surface area contributed by atoms with Crippen LogP contribution in [0.1, 0.15) is 18.9 Å². The molecule has 4 rings (SSSR count). The molecule has 2 aromatic heterocycles. The van der Waals surface area contributed by atoms with Gasteiger partial charge in [0.25, 0.3) is 0 Å². The van der Waals surface area contributed by atoms with Gasteiger partial charge in [0, 0.05) is 28.4 Å². The second kappa shape index (κ2) is 5.95. The normalized spacial score (nSPS) is 17.0. The Balaban J connectivity index is 1.81. The number of piperidine rings is 1. The zero-order valence-electron chi connectivity index (χ0n) is 13.1. The van der Waals surface area contributed by atoms with Gasteiger partial charge in [-0.15, -0.1) is 0 Å². The van der Waals surface area contributed by atoms with E-state index in [1.807, 2.05) is 36.7 Å². The summed E-state index contributed by atoms with van der Waals surface area (Å²) in [6, 6.07) is 10.4. The van der Waals surface area contributed by atoms with Crippen LogP contribution in [-0.4, -0.2) is 39.8 Å². The Morgan fingerprint density at radius 1 is 1.09 bits per heavy atom. The van der Waals surface area contributed by atoms with Gasteiger partial charge in [0.2, 0.25) is 0 Å². The Hall–Kier alpha value is -1.91. The lowest BCUT2D eigenvalue weighted by Gasteiger charge is -2.29. The van der Waals surface area contributed by atoms with Crippen LogP contribution in [0.5, 0.6) is 0 Å². The van der Waals surface area contributed by atoms with E-state index < -0.39 is 0 Å². The maximum absolute atomic E-state index is 6.02. The fourth-order valence-electron chi connectivity index (χ4n) is 3.32. The third kappa shape index (κ3) is 2.73. The van der Waals surface area contributed by atoms with Crippen molar-refractivity contribution < 1.29 is 0 Å². The summed E-state index contributed by atoms with van der Waals surface area (Å²) >= 11 is 6.02. The SMILES string of the molecule is CN1CCC(n2nc(-c3ccc(Cl)cc3)c3cnccc32)CC1. The fourth-order valence-corrected chi connectivity index (χ4v) is 3.45. The summed E-state index contributed by atoms with van der Waals surface area (Å²) in [6.07, 6.45) is 6.03. The van der Waals surface area contributed by atoms with Crippen molar-refractivity contribution in [3.05, 3.63) is 47.7 Å². The molecule has 0 N–H and O–H groups in total. The van der Waals surface area contributed by atoms with Crippen LogP contribution in [0, 0.1) is 0 Å². The molecule has 1 aliphatic rings. The maximum Gasteiger partial charge on any atom is 0.102 e. The molecule has 0 atom stereocenters.